The summed E-state index contributed by atoms with van der Waals surface area (Å²) in [5.41, 5.74) is 7.44. The quantitative estimate of drug-likeness (QED) is 0.849. The number of hydrogen-bond donors (Lipinski definition) is 1. The minimum absolute atomic E-state index is 0.289. The summed E-state index contributed by atoms with van der Waals surface area (Å²) in [6.45, 7) is 2.35. The molecule has 0 amide bonds. The summed E-state index contributed by atoms with van der Waals surface area (Å²) >= 11 is 0. The van der Waals surface area contributed by atoms with Gasteiger partial charge in [0.25, 0.3) is 0 Å². The average Bonchev–Trinajstić information content (AvgIpc) is 2.64. The smallest absolute Gasteiger partial charge is 0.0640 e. The Kier molecular flexibility index (Phi) is 3.64. The first-order valence-corrected chi connectivity index (χ1v) is 6.39. The van der Waals surface area contributed by atoms with Crippen molar-refractivity contribution in [3.05, 3.63) is 18.0 Å². The fraction of sp³-hybridized carbons (Fsp3) is 0.769. The first-order chi connectivity index (χ1) is 7.65. The highest BCUT2D eigenvalue weighted by atomic mass is 15.2. The lowest BCUT2D eigenvalue weighted by atomic mass is 9.78. The molecule has 0 spiro atoms. The number of aromatic nitrogens is 2. The Morgan fingerprint density at radius 2 is 2.38 bits per heavy atom. The zero-order chi connectivity index (χ0) is 11.5. The van der Waals surface area contributed by atoms with Crippen LogP contribution in [-0.2, 0) is 13.5 Å². The van der Waals surface area contributed by atoms with Gasteiger partial charge in [-0.05, 0) is 30.7 Å². The van der Waals surface area contributed by atoms with Gasteiger partial charge in [-0.2, -0.15) is 5.10 Å². The molecule has 1 aliphatic carbocycles. The highest BCUT2D eigenvalue weighted by Gasteiger charge is 2.24. The van der Waals surface area contributed by atoms with E-state index in [1.165, 1.54) is 25.7 Å². The summed E-state index contributed by atoms with van der Waals surface area (Å²) in [7, 11) is 1.96. The van der Waals surface area contributed by atoms with Gasteiger partial charge in [0.1, 0.15) is 0 Å². The first kappa shape index (κ1) is 11.6. The molecule has 2 rings (SSSR count). The Labute approximate surface area is 98.0 Å². The van der Waals surface area contributed by atoms with Crippen molar-refractivity contribution >= 4 is 0 Å². The van der Waals surface area contributed by atoms with E-state index < -0.39 is 0 Å². The van der Waals surface area contributed by atoms with Crippen LogP contribution in [0.2, 0.25) is 0 Å². The van der Waals surface area contributed by atoms with Gasteiger partial charge in [-0.1, -0.05) is 19.8 Å². The minimum atomic E-state index is 0.289. The van der Waals surface area contributed by atoms with Crippen LogP contribution in [0.1, 0.15) is 38.3 Å². The van der Waals surface area contributed by atoms with Crippen LogP contribution in [0.25, 0.3) is 0 Å². The predicted octanol–water partition coefficient (Wildman–Crippen LogP) is 2.12. The van der Waals surface area contributed by atoms with Crippen LogP contribution < -0.4 is 5.73 Å². The zero-order valence-electron chi connectivity index (χ0n) is 10.4. The van der Waals surface area contributed by atoms with Crippen molar-refractivity contribution in [3.63, 3.8) is 0 Å². The standard InChI is InChI=1S/C13H23N3/c1-10-4-3-5-11(8-10)13(14)9-12-6-7-16(2)15-12/h6-7,10-11,13H,3-5,8-9,14H2,1-2H3. The van der Waals surface area contributed by atoms with Crippen LogP contribution in [0, 0.1) is 11.8 Å². The normalized spacial score (nSPS) is 27.9. The predicted molar refractivity (Wildman–Crippen MR) is 66.0 cm³/mol. The molecule has 90 valence electrons. The molecule has 0 radical (unpaired) electrons. The van der Waals surface area contributed by atoms with Gasteiger partial charge in [0, 0.05) is 25.7 Å². The van der Waals surface area contributed by atoms with Crippen LogP contribution in [0.3, 0.4) is 0 Å². The molecule has 1 aromatic rings. The summed E-state index contributed by atoms with van der Waals surface area (Å²) in [5.74, 6) is 1.55. The van der Waals surface area contributed by atoms with Crippen LogP contribution in [0.15, 0.2) is 12.3 Å². The maximum absolute atomic E-state index is 6.30. The SMILES string of the molecule is CC1CCCC(C(N)Cc2ccn(C)n2)C1. The molecule has 0 bridgehead atoms. The van der Waals surface area contributed by atoms with Crippen LogP contribution in [0.5, 0.6) is 0 Å². The van der Waals surface area contributed by atoms with E-state index in [-0.39, 0.29) is 6.04 Å². The highest BCUT2D eigenvalue weighted by molar-refractivity contribution is 5.02. The van der Waals surface area contributed by atoms with Gasteiger partial charge in [0.2, 0.25) is 0 Å². The molecule has 1 fully saturated rings. The van der Waals surface area contributed by atoms with Gasteiger partial charge in [-0.25, -0.2) is 0 Å². The van der Waals surface area contributed by atoms with Crippen molar-refractivity contribution in [2.24, 2.45) is 24.6 Å². The minimum Gasteiger partial charge on any atom is -0.327 e. The number of nitrogens with two attached hydrogens (primary N) is 1. The second-order valence-corrected chi connectivity index (χ2v) is 5.38. The third kappa shape index (κ3) is 2.85. The van der Waals surface area contributed by atoms with E-state index in [2.05, 4.69) is 18.1 Å². The summed E-state index contributed by atoms with van der Waals surface area (Å²) in [4.78, 5) is 0. The van der Waals surface area contributed by atoms with Crippen LogP contribution >= 0.6 is 0 Å². The van der Waals surface area contributed by atoms with E-state index in [1.54, 1.807) is 0 Å². The Morgan fingerprint density at radius 1 is 1.56 bits per heavy atom. The van der Waals surface area contributed by atoms with Gasteiger partial charge in [-0.3, -0.25) is 4.68 Å². The molecule has 3 heteroatoms. The lowest BCUT2D eigenvalue weighted by Gasteiger charge is -2.30. The fourth-order valence-corrected chi connectivity index (χ4v) is 2.85. The van der Waals surface area contributed by atoms with E-state index in [0.717, 1.165) is 18.0 Å². The Morgan fingerprint density at radius 3 is 3.00 bits per heavy atom. The van der Waals surface area contributed by atoms with Crippen molar-refractivity contribution in [1.29, 1.82) is 0 Å². The lowest BCUT2D eigenvalue weighted by Crippen LogP contribution is -2.35. The van der Waals surface area contributed by atoms with E-state index in [1.807, 2.05) is 17.9 Å². The maximum Gasteiger partial charge on any atom is 0.0640 e. The fourth-order valence-electron chi connectivity index (χ4n) is 2.85. The van der Waals surface area contributed by atoms with Crippen molar-refractivity contribution in [2.45, 2.75) is 45.1 Å². The second-order valence-electron chi connectivity index (χ2n) is 5.38. The van der Waals surface area contributed by atoms with Crippen LogP contribution in [0.4, 0.5) is 0 Å². The molecule has 3 atom stereocenters. The van der Waals surface area contributed by atoms with Gasteiger partial charge in [-0.15, -0.1) is 0 Å². The Bertz CT molecular complexity index is 332. The molecule has 0 aromatic carbocycles. The summed E-state index contributed by atoms with van der Waals surface area (Å²) in [5, 5.41) is 4.40. The zero-order valence-corrected chi connectivity index (χ0v) is 10.4. The van der Waals surface area contributed by atoms with E-state index in [4.69, 9.17) is 5.73 Å². The summed E-state index contributed by atoms with van der Waals surface area (Å²) in [6, 6.07) is 2.37. The highest BCUT2D eigenvalue weighted by Crippen LogP contribution is 2.30. The molecular weight excluding hydrogens is 198 g/mol. The van der Waals surface area contributed by atoms with Crippen molar-refractivity contribution in [2.75, 3.05) is 0 Å². The monoisotopic (exact) mass is 221 g/mol. The lowest BCUT2D eigenvalue weighted by molar-refractivity contribution is 0.244. The molecule has 0 saturated heterocycles. The van der Waals surface area contributed by atoms with Crippen LogP contribution in [-0.4, -0.2) is 15.8 Å². The third-order valence-corrected chi connectivity index (χ3v) is 3.80. The van der Waals surface area contributed by atoms with Gasteiger partial charge >= 0.3 is 0 Å². The number of nitrogens with zero attached hydrogens (tertiary/aromatic N) is 2. The second kappa shape index (κ2) is 5.00. The van der Waals surface area contributed by atoms with E-state index in [0.29, 0.717) is 5.92 Å². The maximum atomic E-state index is 6.30. The Hall–Kier alpha value is -0.830. The van der Waals surface area contributed by atoms with Crippen molar-refractivity contribution in [1.82, 2.24) is 9.78 Å². The largest absolute Gasteiger partial charge is 0.327 e. The average molecular weight is 221 g/mol. The molecule has 3 unspecified atom stereocenters. The van der Waals surface area contributed by atoms with E-state index in [9.17, 15) is 0 Å². The van der Waals surface area contributed by atoms with Crippen molar-refractivity contribution < 1.29 is 0 Å². The molecule has 16 heavy (non-hydrogen) atoms. The van der Waals surface area contributed by atoms with Gasteiger partial charge in [0.15, 0.2) is 0 Å². The molecule has 1 aromatic heterocycles. The number of rotatable bonds is 3. The number of aryl methyl sites for hydroxylation is 1. The molecular formula is C13H23N3. The Balaban J connectivity index is 1.89. The number of hydrogen-bond acceptors (Lipinski definition) is 2. The first-order valence-electron chi connectivity index (χ1n) is 6.39. The molecule has 1 saturated carbocycles. The molecule has 1 aliphatic rings. The summed E-state index contributed by atoms with van der Waals surface area (Å²) < 4.78 is 1.85. The third-order valence-electron chi connectivity index (χ3n) is 3.80. The van der Waals surface area contributed by atoms with Gasteiger partial charge in [0.05, 0.1) is 5.69 Å². The molecule has 3 nitrogen and oxygen atoms in total. The van der Waals surface area contributed by atoms with Crippen molar-refractivity contribution in [3.8, 4) is 0 Å². The molecule has 2 N–H and O–H groups in total. The summed E-state index contributed by atoms with van der Waals surface area (Å²) in [6.07, 6.45) is 8.25. The molecule has 0 aliphatic heterocycles. The molecule has 1 heterocycles. The topological polar surface area (TPSA) is 43.8 Å². The van der Waals surface area contributed by atoms with E-state index >= 15 is 0 Å². The van der Waals surface area contributed by atoms with Gasteiger partial charge < -0.3 is 5.73 Å².